The maximum absolute atomic E-state index is 11.6. The minimum atomic E-state index is -0.981. The van der Waals surface area contributed by atoms with E-state index < -0.39 is 12.0 Å². The van der Waals surface area contributed by atoms with Gasteiger partial charge >= 0.3 is 5.97 Å². The van der Waals surface area contributed by atoms with E-state index in [1.807, 2.05) is 0 Å². The van der Waals surface area contributed by atoms with Gasteiger partial charge in [0.25, 0.3) is 0 Å². The van der Waals surface area contributed by atoms with E-state index in [9.17, 15) is 9.59 Å². The largest absolute Gasteiger partial charge is 0.480 e. The van der Waals surface area contributed by atoms with E-state index in [-0.39, 0.29) is 17.9 Å². The van der Waals surface area contributed by atoms with Gasteiger partial charge in [0.1, 0.15) is 6.04 Å². The number of carbonyl (C=O) groups excluding carboxylic acids is 1. The van der Waals surface area contributed by atoms with Crippen LogP contribution in [0.2, 0.25) is 0 Å². The van der Waals surface area contributed by atoms with Gasteiger partial charge in [-0.2, -0.15) is 0 Å². The monoisotopic (exact) mass is 243 g/mol. The molecule has 0 saturated carbocycles. The van der Waals surface area contributed by atoms with Gasteiger partial charge in [-0.1, -0.05) is 13.8 Å². The molecule has 1 fully saturated rings. The summed E-state index contributed by atoms with van der Waals surface area (Å²) in [5.41, 5.74) is 0. The van der Waals surface area contributed by atoms with Gasteiger partial charge in [0.05, 0.1) is 6.10 Å². The molecule has 5 nitrogen and oxygen atoms in total. The second kappa shape index (κ2) is 6.59. The van der Waals surface area contributed by atoms with Crippen LogP contribution in [-0.2, 0) is 14.3 Å². The fourth-order valence-corrected chi connectivity index (χ4v) is 1.92. The van der Waals surface area contributed by atoms with Gasteiger partial charge in [-0.3, -0.25) is 4.79 Å². The molecule has 0 aromatic rings. The molecule has 0 spiro atoms. The molecule has 1 saturated heterocycles. The number of amides is 1. The van der Waals surface area contributed by atoms with Crippen LogP contribution in [-0.4, -0.2) is 35.7 Å². The summed E-state index contributed by atoms with van der Waals surface area (Å²) >= 11 is 0. The number of carbonyl (C=O) groups is 2. The number of rotatable bonds is 6. The van der Waals surface area contributed by atoms with Crippen molar-refractivity contribution >= 4 is 11.9 Å². The molecule has 0 aliphatic carbocycles. The van der Waals surface area contributed by atoms with Gasteiger partial charge in [0.15, 0.2) is 0 Å². The average Bonchev–Trinajstić information content (AvgIpc) is 2.74. The minimum Gasteiger partial charge on any atom is -0.480 e. The Morgan fingerprint density at radius 2 is 2.18 bits per heavy atom. The molecular weight excluding hydrogens is 222 g/mol. The second-order valence-electron chi connectivity index (χ2n) is 4.80. The third kappa shape index (κ3) is 4.73. The SMILES string of the molecule is CC(C)[C@@H](NC(=O)CCC1CCCO1)C(=O)O. The highest BCUT2D eigenvalue weighted by Gasteiger charge is 2.24. The lowest BCUT2D eigenvalue weighted by atomic mass is 10.0. The smallest absolute Gasteiger partial charge is 0.326 e. The van der Waals surface area contributed by atoms with Crippen LogP contribution in [0.1, 0.15) is 39.5 Å². The van der Waals surface area contributed by atoms with Gasteiger partial charge in [-0.05, 0) is 25.2 Å². The number of hydrogen-bond acceptors (Lipinski definition) is 3. The van der Waals surface area contributed by atoms with Crippen LogP contribution in [0.15, 0.2) is 0 Å². The molecule has 98 valence electrons. The Hall–Kier alpha value is -1.10. The highest BCUT2D eigenvalue weighted by atomic mass is 16.5. The first-order valence-electron chi connectivity index (χ1n) is 6.14. The van der Waals surface area contributed by atoms with Crippen molar-refractivity contribution in [1.82, 2.24) is 5.32 Å². The van der Waals surface area contributed by atoms with E-state index >= 15 is 0 Å². The lowest BCUT2D eigenvalue weighted by molar-refractivity contribution is -0.143. The highest BCUT2D eigenvalue weighted by molar-refractivity contribution is 5.83. The van der Waals surface area contributed by atoms with Crippen LogP contribution in [0.3, 0.4) is 0 Å². The lowest BCUT2D eigenvalue weighted by Crippen LogP contribution is -2.44. The zero-order chi connectivity index (χ0) is 12.8. The average molecular weight is 243 g/mol. The predicted molar refractivity (Wildman–Crippen MR) is 62.6 cm³/mol. The Labute approximate surface area is 102 Å². The van der Waals surface area contributed by atoms with Crippen LogP contribution in [0, 0.1) is 5.92 Å². The highest BCUT2D eigenvalue weighted by Crippen LogP contribution is 2.16. The summed E-state index contributed by atoms with van der Waals surface area (Å²) in [6.45, 7) is 4.33. The van der Waals surface area contributed by atoms with Crippen molar-refractivity contribution in [2.45, 2.75) is 51.7 Å². The van der Waals surface area contributed by atoms with E-state index in [1.54, 1.807) is 13.8 Å². The fourth-order valence-electron chi connectivity index (χ4n) is 1.92. The number of aliphatic carboxylic acids is 1. The van der Waals surface area contributed by atoms with Crippen LogP contribution in [0.4, 0.5) is 0 Å². The molecule has 2 N–H and O–H groups in total. The zero-order valence-corrected chi connectivity index (χ0v) is 10.4. The van der Waals surface area contributed by atoms with Crippen LogP contribution >= 0.6 is 0 Å². The number of hydrogen-bond donors (Lipinski definition) is 2. The minimum absolute atomic E-state index is 0.112. The van der Waals surface area contributed by atoms with Crippen molar-refractivity contribution in [3.8, 4) is 0 Å². The van der Waals surface area contributed by atoms with E-state index in [4.69, 9.17) is 9.84 Å². The molecule has 0 radical (unpaired) electrons. The molecule has 0 aromatic carbocycles. The van der Waals surface area contributed by atoms with Crippen molar-refractivity contribution in [2.24, 2.45) is 5.92 Å². The van der Waals surface area contributed by atoms with Crippen LogP contribution < -0.4 is 5.32 Å². The molecule has 1 amide bonds. The summed E-state index contributed by atoms with van der Waals surface area (Å²) in [7, 11) is 0. The molecule has 0 bridgehead atoms. The first kappa shape index (κ1) is 14.0. The number of carboxylic acids is 1. The first-order valence-corrected chi connectivity index (χ1v) is 6.14. The van der Waals surface area contributed by atoms with Gasteiger partial charge < -0.3 is 15.2 Å². The Kier molecular flexibility index (Phi) is 5.41. The molecule has 1 rings (SSSR count). The van der Waals surface area contributed by atoms with Crippen molar-refractivity contribution in [1.29, 1.82) is 0 Å². The van der Waals surface area contributed by atoms with Crippen molar-refractivity contribution in [3.63, 3.8) is 0 Å². The van der Waals surface area contributed by atoms with E-state index in [2.05, 4.69) is 5.32 Å². The summed E-state index contributed by atoms with van der Waals surface area (Å²) in [5.74, 6) is -1.30. The standard InChI is InChI=1S/C12H21NO4/c1-8(2)11(12(15)16)13-10(14)6-5-9-4-3-7-17-9/h8-9,11H,3-7H2,1-2H3,(H,13,14)(H,15,16)/t9?,11-/m1/s1. The lowest BCUT2D eigenvalue weighted by Gasteiger charge is -2.18. The molecular formula is C12H21NO4. The molecule has 0 aromatic heterocycles. The van der Waals surface area contributed by atoms with Crippen molar-refractivity contribution in [2.75, 3.05) is 6.61 Å². The Morgan fingerprint density at radius 3 is 2.65 bits per heavy atom. The van der Waals surface area contributed by atoms with Gasteiger partial charge in [0.2, 0.25) is 5.91 Å². The van der Waals surface area contributed by atoms with E-state index in [0.717, 1.165) is 19.4 Å². The molecule has 1 aliphatic rings. The van der Waals surface area contributed by atoms with Crippen molar-refractivity contribution < 1.29 is 19.4 Å². The molecule has 1 unspecified atom stereocenters. The molecule has 1 aliphatic heterocycles. The third-order valence-electron chi connectivity index (χ3n) is 2.97. The zero-order valence-electron chi connectivity index (χ0n) is 10.4. The number of nitrogens with one attached hydrogen (secondary N) is 1. The first-order chi connectivity index (χ1) is 8.00. The van der Waals surface area contributed by atoms with Gasteiger partial charge in [0, 0.05) is 13.0 Å². The summed E-state index contributed by atoms with van der Waals surface area (Å²) in [6, 6.07) is -0.799. The Balaban J connectivity index is 2.29. The number of carboxylic acid groups (broad SMARTS) is 1. The van der Waals surface area contributed by atoms with E-state index in [0.29, 0.717) is 12.8 Å². The fraction of sp³-hybridized carbons (Fsp3) is 0.833. The maximum atomic E-state index is 11.6. The maximum Gasteiger partial charge on any atom is 0.326 e. The molecule has 2 atom stereocenters. The van der Waals surface area contributed by atoms with E-state index in [1.165, 1.54) is 0 Å². The van der Waals surface area contributed by atoms with Gasteiger partial charge in [-0.15, -0.1) is 0 Å². The van der Waals surface area contributed by atoms with Crippen LogP contribution in [0.5, 0.6) is 0 Å². The summed E-state index contributed by atoms with van der Waals surface area (Å²) in [4.78, 5) is 22.5. The van der Waals surface area contributed by atoms with Gasteiger partial charge in [-0.25, -0.2) is 4.79 Å². The normalized spacial score (nSPS) is 21.5. The Bertz CT molecular complexity index is 272. The van der Waals surface area contributed by atoms with Crippen molar-refractivity contribution in [3.05, 3.63) is 0 Å². The Morgan fingerprint density at radius 1 is 1.47 bits per heavy atom. The summed E-state index contributed by atoms with van der Waals surface area (Å²) in [5, 5.41) is 11.5. The quantitative estimate of drug-likeness (QED) is 0.734. The predicted octanol–water partition coefficient (Wildman–Crippen LogP) is 1.17. The second-order valence-corrected chi connectivity index (χ2v) is 4.80. The summed E-state index contributed by atoms with van der Waals surface area (Å²) < 4.78 is 5.41. The topological polar surface area (TPSA) is 75.6 Å². The van der Waals surface area contributed by atoms with Crippen LogP contribution in [0.25, 0.3) is 0 Å². The summed E-state index contributed by atoms with van der Waals surface area (Å²) in [6.07, 6.45) is 3.23. The molecule has 17 heavy (non-hydrogen) atoms. The third-order valence-corrected chi connectivity index (χ3v) is 2.97. The molecule has 1 heterocycles. The molecule has 5 heteroatoms. The number of ether oxygens (including phenoxy) is 1.